The number of nitrogens with one attached hydrogen (secondary N) is 1. The number of furan rings is 1. The minimum atomic E-state index is -0.166. The van der Waals surface area contributed by atoms with E-state index < -0.39 is 0 Å². The van der Waals surface area contributed by atoms with E-state index in [2.05, 4.69) is 16.4 Å². The lowest BCUT2D eigenvalue weighted by molar-refractivity contribution is -0.115. The average molecular weight is 374 g/mol. The molecule has 0 saturated carbocycles. The van der Waals surface area contributed by atoms with Gasteiger partial charge in [-0.05, 0) is 49.4 Å². The normalized spacial score (nSPS) is 16.9. The lowest BCUT2D eigenvalue weighted by atomic mass is 10.1. The predicted octanol–water partition coefficient (Wildman–Crippen LogP) is 5.46. The van der Waals surface area contributed by atoms with Crippen LogP contribution in [0.2, 0.25) is 0 Å². The van der Waals surface area contributed by atoms with Crippen LogP contribution < -0.4 is 5.32 Å². The summed E-state index contributed by atoms with van der Waals surface area (Å²) in [6.07, 6.45) is 1.75. The van der Waals surface area contributed by atoms with E-state index >= 15 is 0 Å². The van der Waals surface area contributed by atoms with Crippen LogP contribution in [0.1, 0.15) is 16.9 Å². The highest BCUT2D eigenvalue weighted by Gasteiger charge is 2.24. The van der Waals surface area contributed by atoms with Gasteiger partial charge in [0.1, 0.15) is 11.5 Å². The molecule has 5 heteroatoms. The maximum absolute atomic E-state index is 12.3. The quantitative estimate of drug-likeness (QED) is 0.620. The Morgan fingerprint density at radius 1 is 1.04 bits per heavy atom. The fourth-order valence-electron chi connectivity index (χ4n) is 2.84. The number of aliphatic imine (C=N–C) groups is 1. The number of amidine groups is 1. The van der Waals surface area contributed by atoms with E-state index in [1.54, 1.807) is 6.08 Å². The van der Waals surface area contributed by atoms with Crippen molar-refractivity contribution in [2.45, 2.75) is 13.8 Å². The lowest BCUT2D eigenvalue weighted by Gasteiger charge is -2.02. The van der Waals surface area contributed by atoms with Gasteiger partial charge in [-0.2, -0.15) is 0 Å². The third-order valence-electron chi connectivity index (χ3n) is 4.18. The van der Waals surface area contributed by atoms with Crippen molar-refractivity contribution in [1.82, 2.24) is 5.32 Å². The minimum Gasteiger partial charge on any atom is -0.457 e. The largest absolute Gasteiger partial charge is 0.457 e. The van der Waals surface area contributed by atoms with Crippen molar-refractivity contribution in [3.05, 3.63) is 82.5 Å². The second-order valence-electron chi connectivity index (χ2n) is 6.34. The van der Waals surface area contributed by atoms with Gasteiger partial charge in [0, 0.05) is 11.6 Å². The lowest BCUT2D eigenvalue weighted by Crippen LogP contribution is -2.19. The van der Waals surface area contributed by atoms with Crippen LogP contribution in [-0.2, 0) is 4.79 Å². The molecule has 4 rings (SSSR count). The molecule has 1 amide bonds. The SMILES string of the molecule is Cc1ccc(N=C2NC(=O)/C(=C/c3ccc(-c4ccccc4)o3)S2)c(C)c1. The fourth-order valence-corrected chi connectivity index (χ4v) is 3.65. The summed E-state index contributed by atoms with van der Waals surface area (Å²) in [6, 6.07) is 19.7. The molecule has 1 fully saturated rings. The summed E-state index contributed by atoms with van der Waals surface area (Å²) in [5, 5.41) is 3.39. The average Bonchev–Trinajstić information content (AvgIpc) is 3.26. The van der Waals surface area contributed by atoms with Gasteiger partial charge in [0.15, 0.2) is 5.17 Å². The first-order valence-electron chi connectivity index (χ1n) is 8.60. The molecular weight excluding hydrogens is 356 g/mol. The summed E-state index contributed by atoms with van der Waals surface area (Å²) in [5.41, 5.74) is 4.12. The number of carbonyl (C=O) groups is 1. The second kappa shape index (κ2) is 7.29. The molecule has 2 heterocycles. The third kappa shape index (κ3) is 3.88. The molecule has 0 spiro atoms. The summed E-state index contributed by atoms with van der Waals surface area (Å²) in [5.74, 6) is 1.25. The highest BCUT2D eigenvalue weighted by atomic mass is 32.2. The van der Waals surface area contributed by atoms with Crippen LogP contribution in [0, 0.1) is 13.8 Å². The van der Waals surface area contributed by atoms with Crippen molar-refractivity contribution in [3.8, 4) is 11.3 Å². The highest BCUT2D eigenvalue weighted by molar-refractivity contribution is 8.18. The molecule has 134 valence electrons. The smallest absolute Gasteiger partial charge is 0.264 e. The number of benzene rings is 2. The summed E-state index contributed by atoms with van der Waals surface area (Å²) in [4.78, 5) is 17.4. The van der Waals surface area contributed by atoms with Crippen molar-refractivity contribution in [2.75, 3.05) is 0 Å². The van der Waals surface area contributed by atoms with Gasteiger partial charge >= 0.3 is 0 Å². The van der Waals surface area contributed by atoms with E-state index in [-0.39, 0.29) is 5.91 Å². The number of hydrogen-bond donors (Lipinski definition) is 1. The number of aryl methyl sites for hydroxylation is 2. The van der Waals surface area contributed by atoms with Crippen LogP contribution in [0.4, 0.5) is 5.69 Å². The Morgan fingerprint density at radius 2 is 1.85 bits per heavy atom. The van der Waals surface area contributed by atoms with Gasteiger partial charge in [0.2, 0.25) is 0 Å². The van der Waals surface area contributed by atoms with Gasteiger partial charge in [0.25, 0.3) is 5.91 Å². The summed E-state index contributed by atoms with van der Waals surface area (Å²) >= 11 is 1.32. The predicted molar refractivity (Wildman–Crippen MR) is 111 cm³/mol. The Labute approximate surface area is 162 Å². The molecule has 0 unspecified atom stereocenters. The van der Waals surface area contributed by atoms with Crippen molar-refractivity contribution in [3.63, 3.8) is 0 Å². The van der Waals surface area contributed by atoms with Crippen LogP contribution in [0.5, 0.6) is 0 Å². The van der Waals surface area contributed by atoms with Crippen LogP contribution in [-0.4, -0.2) is 11.1 Å². The van der Waals surface area contributed by atoms with Crippen LogP contribution in [0.3, 0.4) is 0 Å². The zero-order valence-electron chi connectivity index (χ0n) is 15.0. The molecule has 0 bridgehead atoms. The van der Waals surface area contributed by atoms with E-state index in [4.69, 9.17) is 4.42 Å². The van der Waals surface area contributed by atoms with Crippen LogP contribution in [0.15, 0.2) is 75.0 Å². The van der Waals surface area contributed by atoms with Gasteiger partial charge in [-0.1, -0.05) is 48.0 Å². The molecule has 4 nitrogen and oxygen atoms in total. The standard InChI is InChI=1S/C22H18N2O2S/c1-14-8-10-18(15(2)12-14)23-22-24-21(25)20(27-22)13-17-9-11-19(26-17)16-6-4-3-5-7-16/h3-13H,1-2H3,(H,23,24,25)/b20-13-. The molecule has 3 aromatic rings. The van der Waals surface area contributed by atoms with Gasteiger partial charge in [-0.25, -0.2) is 4.99 Å². The molecule has 0 radical (unpaired) electrons. The van der Waals surface area contributed by atoms with Crippen molar-refractivity contribution in [2.24, 2.45) is 4.99 Å². The molecule has 1 N–H and O–H groups in total. The molecule has 0 aliphatic carbocycles. The zero-order chi connectivity index (χ0) is 18.8. The molecule has 1 saturated heterocycles. The molecule has 1 aliphatic heterocycles. The Bertz CT molecular complexity index is 1060. The minimum absolute atomic E-state index is 0.166. The molecule has 2 aromatic carbocycles. The number of amides is 1. The number of hydrogen-bond acceptors (Lipinski definition) is 4. The van der Waals surface area contributed by atoms with E-state index in [1.165, 1.54) is 17.3 Å². The van der Waals surface area contributed by atoms with Gasteiger partial charge in [-0.15, -0.1) is 0 Å². The van der Waals surface area contributed by atoms with Crippen LogP contribution in [0.25, 0.3) is 17.4 Å². The third-order valence-corrected chi connectivity index (χ3v) is 5.09. The Kier molecular flexibility index (Phi) is 4.69. The van der Waals surface area contributed by atoms with E-state index in [0.29, 0.717) is 15.8 Å². The van der Waals surface area contributed by atoms with E-state index in [9.17, 15) is 4.79 Å². The molecule has 1 aromatic heterocycles. The maximum atomic E-state index is 12.3. The molecule has 1 aliphatic rings. The summed E-state index contributed by atoms with van der Waals surface area (Å²) in [6.45, 7) is 4.06. The van der Waals surface area contributed by atoms with Crippen LogP contribution >= 0.6 is 11.8 Å². The van der Waals surface area contributed by atoms with Crippen molar-refractivity contribution in [1.29, 1.82) is 0 Å². The summed E-state index contributed by atoms with van der Waals surface area (Å²) in [7, 11) is 0. The number of nitrogens with zero attached hydrogens (tertiary/aromatic N) is 1. The Hall–Kier alpha value is -3.05. The highest BCUT2D eigenvalue weighted by Crippen LogP contribution is 2.30. The monoisotopic (exact) mass is 374 g/mol. The number of rotatable bonds is 3. The number of carbonyl (C=O) groups excluding carboxylic acids is 1. The Morgan fingerprint density at radius 3 is 2.63 bits per heavy atom. The Balaban J connectivity index is 1.56. The topological polar surface area (TPSA) is 54.6 Å². The molecular formula is C22H18N2O2S. The van der Waals surface area contributed by atoms with Gasteiger partial charge < -0.3 is 9.73 Å². The first-order chi connectivity index (χ1) is 13.1. The van der Waals surface area contributed by atoms with E-state index in [0.717, 1.165) is 22.6 Å². The first kappa shape index (κ1) is 17.4. The molecule has 27 heavy (non-hydrogen) atoms. The first-order valence-corrected chi connectivity index (χ1v) is 9.42. The zero-order valence-corrected chi connectivity index (χ0v) is 15.8. The van der Waals surface area contributed by atoms with Gasteiger partial charge in [-0.3, -0.25) is 4.79 Å². The second-order valence-corrected chi connectivity index (χ2v) is 7.37. The van der Waals surface area contributed by atoms with Crippen molar-refractivity contribution < 1.29 is 9.21 Å². The summed E-state index contributed by atoms with van der Waals surface area (Å²) < 4.78 is 5.86. The van der Waals surface area contributed by atoms with E-state index in [1.807, 2.05) is 68.4 Å². The maximum Gasteiger partial charge on any atom is 0.264 e. The van der Waals surface area contributed by atoms with Crippen molar-refractivity contribution >= 4 is 34.6 Å². The fraction of sp³-hybridized carbons (Fsp3) is 0.0909. The van der Waals surface area contributed by atoms with Gasteiger partial charge in [0.05, 0.1) is 10.6 Å². The number of thioether (sulfide) groups is 1. The molecule has 0 atom stereocenters.